The molecule has 0 aliphatic rings. The van der Waals surface area contributed by atoms with Gasteiger partial charge in [-0.05, 0) is 41.5 Å². The number of aromatic nitrogens is 1. The molecule has 3 aromatic carbocycles. The van der Waals surface area contributed by atoms with Crippen molar-refractivity contribution >= 4 is 32.6 Å². The van der Waals surface area contributed by atoms with E-state index < -0.39 is 0 Å². The van der Waals surface area contributed by atoms with Crippen LogP contribution in [0, 0.1) is 5.82 Å². The largest absolute Gasteiger partial charge is 0.298 e. The van der Waals surface area contributed by atoms with Crippen molar-refractivity contribution in [3.8, 4) is 11.1 Å². The number of anilines is 1. The third-order valence-electron chi connectivity index (χ3n) is 3.83. The average molecular weight is 348 g/mol. The second-order valence-electron chi connectivity index (χ2n) is 5.53. The fourth-order valence-corrected chi connectivity index (χ4v) is 3.45. The molecule has 0 unspecified atom stereocenters. The lowest BCUT2D eigenvalue weighted by Gasteiger charge is -2.04. The topological polar surface area (TPSA) is 42.0 Å². The summed E-state index contributed by atoms with van der Waals surface area (Å²) in [6.45, 7) is 0. The van der Waals surface area contributed by atoms with Crippen LogP contribution in [0.4, 0.5) is 9.52 Å². The first-order valence-corrected chi connectivity index (χ1v) is 8.54. The molecule has 0 aliphatic heterocycles. The highest BCUT2D eigenvalue weighted by Gasteiger charge is 2.10. The molecule has 0 saturated carbocycles. The summed E-state index contributed by atoms with van der Waals surface area (Å²) in [5.74, 6) is -0.551. The highest BCUT2D eigenvalue weighted by atomic mass is 32.1. The number of rotatable bonds is 3. The minimum Gasteiger partial charge on any atom is -0.298 e. The first-order valence-electron chi connectivity index (χ1n) is 7.72. The second-order valence-corrected chi connectivity index (χ2v) is 6.56. The van der Waals surface area contributed by atoms with E-state index in [1.54, 1.807) is 18.2 Å². The molecule has 3 nitrogen and oxygen atoms in total. The van der Waals surface area contributed by atoms with Gasteiger partial charge in [-0.25, -0.2) is 9.37 Å². The van der Waals surface area contributed by atoms with Crippen LogP contribution in [0.5, 0.6) is 0 Å². The number of thiazole rings is 1. The van der Waals surface area contributed by atoms with Crippen LogP contribution in [-0.2, 0) is 0 Å². The number of nitrogens with zero attached hydrogens (tertiary/aromatic N) is 1. The fourth-order valence-electron chi connectivity index (χ4n) is 2.57. The van der Waals surface area contributed by atoms with Crippen LogP contribution in [-0.4, -0.2) is 10.9 Å². The third kappa shape index (κ3) is 3.27. The summed E-state index contributed by atoms with van der Waals surface area (Å²) in [5, 5.41) is 3.23. The lowest BCUT2D eigenvalue weighted by atomic mass is 10.0. The van der Waals surface area contributed by atoms with Gasteiger partial charge in [0, 0.05) is 5.56 Å². The zero-order valence-corrected chi connectivity index (χ0v) is 13.9. The average Bonchev–Trinajstić information content (AvgIpc) is 3.04. The number of hydrogen-bond acceptors (Lipinski definition) is 3. The molecule has 25 heavy (non-hydrogen) atoms. The highest BCUT2D eigenvalue weighted by Crippen LogP contribution is 2.27. The quantitative estimate of drug-likeness (QED) is 0.542. The molecule has 0 fully saturated rings. The Kier molecular flexibility index (Phi) is 3.99. The van der Waals surface area contributed by atoms with Gasteiger partial charge in [0.1, 0.15) is 5.82 Å². The van der Waals surface area contributed by atoms with Crippen molar-refractivity contribution in [1.82, 2.24) is 4.98 Å². The summed E-state index contributed by atoms with van der Waals surface area (Å²) in [5.41, 5.74) is 3.36. The van der Waals surface area contributed by atoms with E-state index in [4.69, 9.17) is 0 Å². The Balaban J connectivity index is 1.54. The number of fused-ring (bicyclic) bond motifs is 1. The van der Waals surface area contributed by atoms with Gasteiger partial charge in [-0.15, -0.1) is 0 Å². The van der Waals surface area contributed by atoms with Crippen molar-refractivity contribution < 1.29 is 9.18 Å². The van der Waals surface area contributed by atoms with Crippen LogP contribution in [0.25, 0.3) is 21.3 Å². The van der Waals surface area contributed by atoms with Crippen molar-refractivity contribution in [2.24, 2.45) is 0 Å². The third-order valence-corrected chi connectivity index (χ3v) is 4.76. The van der Waals surface area contributed by atoms with Gasteiger partial charge in [0.15, 0.2) is 5.13 Å². The molecule has 1 N–H and O–H groups in total. The predicted molar refractivity (Wildman–Crippen MR) is 99.4 cm³/mol. The minimum absolute atomic E-state index is 0.237. The van der Waals surface area contributed by atoms with E-state index in [1.807, 2.05) is 42.5 Å². The van der Waals surface area contributed by atoms with Gasteiger partial charge in [-0.1, -0.05) is 53.8 Å². The summed E-state index contributed by atoms with van der Waals surface area (Å²) in [6, 6.07) is 21.7. The van der Waals surface area contributed by atoms with Crippen molar-refractivity contribution in [3.63, 3.8) is 0 Å². The summed E-state index contributed by atoms with van der Waals surface area (Å²) in [7, 11) is 0. The van der Waals surface area contributed by atoms with Crippen molar-refractivity contribution in [1.29, 1.82) is 0 Å². The molecule has 1 amide bonds. The summed E-state index contributed by atoms with van der Waals surface area (Å²) >= 11 is 1.25. The Hall–Kier alpha value is -3.05. The molecule has 0 atom stereocenters. The Bertz CT molecular complexity index is 1040. The number of benzene rings is 3. The van der Waals surface area contributed by atoms with Gasteiger partial charge < -0.3 is 0 Å². The minimum atomic E-state index is -0.314. The monoisotopic (exact) mass is 348 g/mol. The summed E-state index contributed by atoms with van der Waals surface area (Å²) in [4.78, 5) is 16.7. The molecule has 1 aromatic heterocycles. The number of amides is 1. The molecule has 0 saturated heterocycles. The van der Waals surface area contributed by atoms with Gasteiger partial charge in [-0.3, -0.25) is 10.1 Å². The van der Waals surface area contributed by atoms with Crippen LogP contribution in [0.2, 0.25) is 0 Å². The predicted octanol–water partition coefficient (Wildman–Crippen LogP) is 5.35. The maximum Gasteiger partial charge on any atom is 0.257 e. The number of nitrogens with one attached hydrogen (secondary N) is 1. The fraction of sp³-hybridized carbons (Fsp3) is 0. The molecular formula is C20H13FN2OS. The van der Waals surface area contributed by atoms with Gasteiger partial charge in [0.2, 0.25) is 0 Å². The maximum atomic E-state index is 13.2. The SMILES string of the molecule is O=C(Nc1nc2ccc(F)cc2s1)c1ccc(-c2ccccc2)cc1. The van der Waals surface area contributed by atoms with Crippen LogP contribution in [0.15, 0.2) is 72.8 Å². The van der Waals surface area contributed by atoms with Gasteiger partial charge in [-0.2, -0.15) is 0 Å². The van der Waals surface area contributed by atoms with Gasteiger partial charge in [0.05, 0.1) is 10.2 Å². The van der Waals surface area contributed by atoms with Crippen LogP contribution < -0.4 is 5.32 Å². The first kappa shape index (κ1) is 15.5. The lowest BCUT2D eigenvalue weighted by Crippen LogP contribution is -2.11. The molecule has 0 radical (unpaired) electrons. The zero-order valence-electron chi connectivity index (χ0n) is 13.1. The standard InChI is InChI=1S/C20H13FN2OS/c21-16-10-11-17-18(12-16)25-20(22-17)23-19(24)15-8-6-14(7-9-15)13-4-2-1-3-5-13/h1-12H,(H,22,23,24). The lowest BCUT2D eigenvalue weighted by molar-refractivity contribution is 0.102. The molecule has 4 rings (SSSR count). The molecule has 122 valence electrons. The Morgan fingerprint density at radius 3 is 2.40 bits per heavy atom. The second kappa shape index (κ2) is 6.45. The van der Waals surface area contributed by atoms with Crippen LogP contribution in [0.3, 0.4) is 0 Å². The molecule has 5 heteroatoms. The van der Waals surface area contributed by atoms with E-state index in [1.165, 1.54) is 23.5 Å². The number of carbonyl (C=O) groups excluding carboxylic acids is 1. The van der Waals surface area contributed by atoms with E-state index >= 15 is 0 Å². The van der Waals surface area contributed by atoms with Crippen molar-refractivity contribution in [3.05, 3.63) is 84.2 Å². The first-order chi connectivity index (χ1) is 12.2. The molecule has 4 aromatic rings. The van der Waals surface area contributed by atoms with Gasteiger partial charge in [0.25, 0.3) is 5.91 Å². The Morgan fingerprint density at radius 2 is 1.64 bits per heavy atom. The Morgan fingerprint density at radius 1 is 0.920 bits per heavy atom. The van der Waals surface area contributed by atoms with Crippen molar-refractivity contribution in [2.75, 3.05) is 5.32 Å². The van der Waals surface area contributed by atoms with E-state index in [0.29, 0.717) is 20.9 Å². The summed E-state index contributed by atoms with van der Waals surface area (Å²) < 4.78 is 13.9. The van der Waals surface area contributed by atoms with E-state index in [-0.39, 0.29) is 11.7 Å². The molecule has 0 bridgehead atoms. The molecule has 1 heterocycles. The van der Waals surface area contributed by atoms with E-state index in [2.05, 4.69) is 10.3 Å². The molecule has 0 spiro atoms. The number of halogens is 1. The smallest absolute Gasteiger partial charge is 0.257 e. The van der Waals surface area contributed by atoms with Gasteiger partial charge >= 0.3 is 0 Å². The maximum absolute atomic E-state index is 13.2. The number of carbonyl (C=O) groups is 1. The zero-order chi connectivity index (χ0) is 17.2. The molecule has 0 aliphatic carbocycles. The Labute approximate surface area is 147 Å². The normalized spacial score (nSPS) is 10.8. The number of hydrogen-bond donors (Lipinski definition) is 1. The summed E-state index contributed by atoms with van der Waals surface area (Å²) in [6.07, 6.45) is 0. The van der Waals surface area contributed by atoms with Crippen LogP contribution >= 0.6 is 11.3 Å². The van der Waals surface area contributed by atoms with E-state index in [9.17, 15) is 9.18 Å². The van der Waals surface area contributed by atoms with Crippen LogP contribution in [0.1, 0.15) is 10.4 Å². The van der Waals surface area contributed by atoms with Crippen molar-refractivity contribution in [2.45, 2.75) is 0 Å². The highest BCUT2D eigenvalue weighted by molar-refractivity contribution is 7.22. The molecular weight excluding hydrogens is 335 g/mol. The van der Waals surface area contributed by atoms with E-state index in [0.717, 1.165) is 11.1 Å².